The Kier molecular flexibility index (Phi) is 4.05. The molecule has 0 unspecified atom stereocenters. The van der Waals surface area contributed by atoms with Crippen molar-refractivity contribution >= 4 is 34.2 Å². The first-order valence-electron chi connectivity index (χ1n) is 8.56. The molecule has 156 valence electrons. The molecule has 0 saturated carbocycles. The molecule has 0 aliphatic carbocycles. The number of hydrogen-bond donors (Lipinski definition) is 1. The molecular weight excluding hydrogens is 441 g/mol. The summed E-state index contributed by atoms with van der Waals surface area (Å²) in [6, 6.07) is 6.96. The number of carboxylic acid groups (broad SMARTS) is 1. The summed E-state index contributed by atoms with van der Waals surface area (Å²) in [7, 11) is 0. The number of nitrogens with zero attached hydrogens (tertiary/aromatic N) is 4. The molecule has 5 rings (SSSR count). The van der Waals surface area contributed by atoms with Gasteiger partial charge in [-0.15, -0.1) is 0 Å². The topological polar surface area (TPSA) is 107 Å². The lowest BCUT2D eigenvalue weighted by atomic mass is 10.1. The molecule has 0 bridgehead atoms. The number of rotatable bonds is 3. The summed E-state index contributed by atoms with van der Waals surface area (Å²) < 4.78 is 50.5. The van der Waals surface area contributed by atoms with Crippen molar-refractivity contribution in [2.24, 2.45) is 0 Å². The Balaban J connectivity index is 1.53. The average Bonchev–Trinajstić information content (AvgIpc) is 3.43. The monoisotopic (exact) mass is 448 g/mol. The highest BCUT2D eigenvalue weighted by Crippen LogP contribution is 2.33. The fourth-order valence-corrected chi connectivity index (χ4v) is 3.30. The zero-order valence-corrected chi connectivity index (χ0v) is 15.8. The van der Waals surface area contributed by atoms with E-state index in [9.17, 15) is 18.0 Å². The van der Waals surface area contributed by atoms with Crippen molar-refractivity contribution in [2.45, 2.75) is 6.18 Å². The molecule has 12 heteroatoms. The van der Waals surface area contributed by atoms with E-state index >= 15 is 0 Å². The van der Waals surface area contributed by atoms with Crippen LogP contribution in [0.1, 0.15) is 16.1 Å². The van der Waals surface area contributed by atoms with Crippen molar-refractivity contribution in [3.63, 3.8) is 0 Å². The van der Waals surface area contributed by atoms with Crippen LogP contribution in [-0.4, -0.2) is 30.6 Å². The summed E-state index contributed by atoms with van der Waals surface area (Å²) in [6.07, 6.45) is -2.40. The average molecular weight is 449 g/mol. The maximum absolute atomic E-state index is 13.0. The van der Waals surface area contributed by atoms with Crippen LogP contribution in [0.4, 0.5) is 13.2 Å². The first kappa shape index (κ1) is 19.1. The van der Waals surface area contributed by atoms with E-state index < -0.39 is 17.7 Å². The van der Waals surface area contributed by atoms with Crippen molar-refractivity contribution in [3.05, 3.63) is 59.1 Å². The number of carbonyl (C=O) groups is 1. The number of imidazole rings is 1. The zero-order chi connectivity index (χ0) is 21.9. The Labute approximate surface area is 174 Å². The fraction of sp³-hybridized carbons (Fsp3) is 0.0526. The van der Waals surface area contributed by atoms with Crippen LogP contribution in [0.5, 0.6) is 0 Å². The molecule has 0 aliphatic rings. The molecule has 1 aromatic carbocycles. The standard InChI is InChI=1S/C19H8ClF3N4O4/c20-11-5-10(19(21,22)23)6-27-7-12(24-16(11)27)17-25-15(26-31-17)8-1-2-13-9(3-8)4-14(30-13)18(28)29/h1-7H,(H,28,29). The minimum absolute atomic E-state index is 0.0261. The highest BCUT2D eigenvalue weighted by atomic mass is 35.5. The molecule has 0 amide bonds. The lowest BCUT2D eigenvalue weighted by Gasteiger charge is -2.07. The van der Waals surface area contributed by atoms with Crippen molar-refractivity contribution in [2.75, 3.05) is 0 Å². The summed E-state index contributed by atoms with van der Waals surface area (Å²) >= 11 is 5.95. The molecule has 0 spiro atoms. The Morgan fingerprint density at radius 1 is 1.13 bits per heavy atom. The van der Waals surface area contributed by atoms with Gasteiger partial charge in [-0.3, -0.25) is 0 Å². The largest absolute Gasteiger partial charge is 0.475 e. The van der Waals surface area contributed by atoms with Gasteiger partial charge in [0.15, 0.2) is 5.65 Å². The second kappa shape index (κ2) is 6.57. The van der Waals surface area contributed by atoms with E-state index in [1.54, 1.807) is 18.2 Å². The van der Waals surface area contributed by atoms with Crippen molar-refractivity contribution < 1.29 is 32.0 Å². The second-order valence-corrected chi connectivity index (χ2v) is 6.93. The summed E-state index contributed by atoms with van der Waals surface area (Å²) in [5, 5.41) is 13.2. The number of fused-ring (bicyclic) bond motifs is 2. The number of furan rings is 1. The minimum Gasteiger partial charge on any atom is -0.475 e. The van der Waals surface area contributed by atoms with Crippen molar-refractivity contribution in [1.82, 2.24) is 19.5 Å². The number of alkyl halides is 3. The molecule has 0 atom stereocenters. The van der Waals surface area contributed by atoms with Gasteiger partial charge in [0.1, 0.15) is 11.3 Å². The summed E-state index contributed by atoms with van der Waals surface area (Å²) in [5.74, 6) is -1.25. The molecule has 8 nitrogen and oxygen atoms in total. The fourth-order valence-electron chi connectivity index (χ4n) is 3.05. The number of benzene rings is 1. The number of aromatic carboxylic acids is 1. The van der Waals surface area contributed by atoms with Crippen LogP contribution >= 0.6 is 11.6 Å². The van der Waals surface area contributed by atoms with E-state index in [2.05, 4.69) is 15.1 Å². The van der Waals surface area contributed by atoms with Gasteiger partial charge in [0.25, 0.3) is 5.89 Å². The lowest BCUT2D eigenvalue weighted by Crippen LogP contribution is -2.06. The number of halogens is 4. The van der Waals surface area contributed by atoms with Crippen LogP contribution in [0.25, 0.3) is 39.6 Å². The molecule has 5 aromatic rings. The van der Waals surface area contributed by atoms with Gasteiger partial charge in [-0.2, -0.15) is 18.2 Å². The third-order valence-electron chi connectivity index (χ3n) is 4.46. The Hall–Kier alpha value is -3.86. The molecule has 31 heavy (non-hydrogen) atoms. The number of hydrogen-bond acceptors (Lipinski definition) is 6. The van der Waals surface area contributed by atoms with E-state index in [0.717, 1.165) is 16.7 Å². The molecule has 1 N–H and O–H groups in total. The predicted molar refractivity (Wildman–Crippen MR) is 101 cm³/mol. The first-order valence-corrected chi connectivity index (χ1v) is 8.93. The van der Waals surface area contributed by atoms with Crippen LogP contribution < -0.4 is 0 Å². The summed E-state index contributed by atoms with van der Waals surface area (Å²) in [6.45, 7) is 0. The highest BCUT2D eigenvalue weighted by Gasteiger charge is 2.32. The summed E-state index contributed by atoms with van der Waals surface area (Å²) in [4.78, 5) is 19.4. The SMILES string of the molecule is O=C(O)c1cc2cc(-c3noc(-c4cn5cc(C(F)(F)F)cc(Cl)c5n4)n3)ccc2o1. The highest BCUT2D eigenvalue weighted by molar-refractivity contribution is 6.33. The van der Waals surface area contributed by atoms with Crippen molar-refractivity contribution in [1.29, 1.82) is 0 Å². The maximum Gasteiger partial charge on any atom is 0.417 e. The number of pyridine rings is 1. The molecule has 0 fully saturated rings. The first-order chi connectivity index (χ1) is 14.7. The third-order valence-corrected chi connectivity index (χ3v) is 4.74. The second-order valence-electron chi connectivity index (χ2n) is 6.52. The molecule has 0 aliphatic heterocycles. The van der Waals surface area contributed by atoms with E-state index in [1.165, 1.54) is 12.3 Å². The predicted octanol–water partition coefficient (Wildman–Crippen LogP) is 5.17. The molecule has 0 radical (unpaired) electrons. The minimum atomic E-state index is -4.56. The Bertz CT molecular complexity index is 1480. The quantitative estimate of drug-likeness (QED) is 0.406. The zero-order valence-electron chi connectivity index (χ0n) is 15.0. The Morgan fingerprint density at radius 3 is 2.68 bits per heavy atom. The van der Waals surface area contributed by atoms with Crippen LogP contribution in [-0.2, 0) is 6.18 Å². The molecular formula is C19H8ClF3N4O4. The van der Waals surface area contributed by atoms with Crippen LogP contribution in [0, 0.1) is 0 Å². The smallest absolute Gasteiger partial charge is 0.417 e. The van der Waals surface area contributed by atoms with E-state index in [1.807, 2.05) is 0 Å². The van der Waals surface area contributed by atoms with E-state index in [-0.39, 0.29) is 33.8 Å². The van der Waals surface area contributed by atoms with Gasteiger partial charge < -0.3 is 18.4 Å². The van der Waals surface area contributed by atoms with Gasteiger partial charge in [0.2, 0.25) is 11.6 Å². The normalized spacial score (nSPS) is 12.1. The summed E-state index contributed by atoms with van der Waals surface area (Å²) in [5.41, 5.74) is 0.207. The van der Waals surface area contributed by atoms with E-state index in [0.29, 0.717) is 16.5 Å². The molecule has 0 saturated heterocycles. The van der Waals surface area contributed by atoms with Gasteiger partial charge in [0.05, 0.1) is 10.6 Å². The van der Waals surface area contributed by atoms with Crippen molar-refractivity contribution in [3.8, 4) is 23.0 Å². The lowest BCUT2D eigenvalue weighted by molar-refractivity contribution is -0.137. The Morgan fingerprint density at radius 2 is 1.94 bits per heavy atom. The van der Waals surface area contributed by atoms with Gasteiger partial charge in [-0.25, -0.2) is 9.78 Å². The van der Waals surface area contributed by atoms with Gasteiger partial charge in [-0.1, -0.05) is 16.8 Å². The van der Waals surface area contributed by atoms with Crippen LogP contribution in [0.3, 0.4) is 0 Å². The number of carboxylic acids is 1. The third kappa shape index (κ3) is 3.28. The maximum atomic E-state index is 13.0. The number of aromatic nitrogens is 4. The van der Waals surface area contributed by atoms with Gasteiger partial charge >= 0.3 is 12.1 Å². The van der Waals surface area contributed by atoms with Crippen LogP contribution in [0.15, 0.2) is 51.7 Å². The van der Waals surface area contributed by atoms with Gasteiger partial charge in [0, 0.05) is 23.3 Å². The molecule has 4 aromatic heterocycles. The molecule has 4 heterocycles. The van der Waals surface area contributed by atoms with Crippen LogP contribution in [0.2, 0.25) is 5.02 Å². The van der Waals surface area contributed by atoms with Gasteiger partial charge in [-0.05, 0) is 30.3 Å². The van der Waals surface area contributed by atoms with E-state index in [4.69, 9.17) is 25.6 Å².